The van der Waals surface area contributed by atoms with E-state index < -0.39 is 5.97 Å². The zero-order chi connectivity index (χ0) is 11.5. The summed E-state index contributed by atoms with van der Waals surface area (Å²) >= 11 is 6.13. The smallest absolute Gasteiger partial charge is 0.339 e. The molecule has 0 saturated carbocycles. The maximum absolute atomic E-state index is 11.4. The minimum Gasteiger partial charge on any atom is -0.465 e. The summed E-state index contributed by atoms with van der Waals surface area (Å²) in [7, 11) is 1.32. The van der Waals surface area contributed by atoms with Crippen molar-refractivity contribution in [2.75, 3.05) is 7.11 Å². The average molecular weight is 237 g/mol. The zero-order valence-corrected chi connectivity index (χ0v) is 9.28. The van der Waals surface area contributed by atoms with Crippen LogP contribution < -0.4 is 0 Å². The highest BCUT2D eigenvalue weighted by Gasteiger charge is 2.14. The molecule has 0 atom stereocenters. The van der Waals surface area contributed by atoms with E-state index >= 15 is 0 Å². The topological polar surface area (TPSA) is 55.0 Å². The number of aromatic nitrogens is 2. The van der Waals surface area contributed by atoms with E-state index in [1.807, 2.05) is 6.07 Å². The Morgan fingerprint density at radius 1 is 1.44 bits per heavy atom. The summed E-state index contributed by atoms with van der Waals surface area (Å²) in [5, 5.41) is 6.99. The van der Waals surface area contributed by atoms with Crippen LogP contribution in [0.5, 0.6) is 0 Å². The van der Waals surface area contributed by atoms with Crippen molar-refractivity contribution in [3.63, 3.8) is 0 Å². The lowest BCUT2D eigenvalue weighted by Crippen LogP contribution is -2.02. The summed E-state index contributed by atoms with van der Waals surface area (Å²) < 4.78 is 4.64. The normalized spacial score (nSPS) is 10.1. The summed E-state index contributed by atoms with van der Waals surface area (Å²) in [4.78, 5) is 11.4. The van der Waals surface area contributed by atoms with Crippen LogP contribution in [-0.4, -0.2) is 23.3 Å². The SMILES string of the molecule is COC(=O)c1cccc(-c2ccn[nH]2)c1Cl. The van der Waals surface area contributed by atoms with Gasteiger partial charge in [0.15, 0.2) is 0 Å². The van der Waals surface area contributed by atoms with E-state index in [0.717, 1.165) is 11.3 Å². The summed E-state index contributed by atoms with van der Waals surface area (Å²) in [6, 6.07) is 6.95. The molecule has 1 N–H and O–H groups in total. The van der Waals surface area contributed by atoms with Crippen molar-refractivity contribution in [2.45, 2.75) is 0 Å². The van der Waals surface area contributed by atoms with Gasteiger partial charge in [-0.15, -0.1) is 0 Å². The monoisotopic (exact) mass is 236 g/mol. The van der Waals surface area contributed by atoms with Gasteiger partial charge in [0.1, 0.15) is 0 Å². The van der Waals surface area contributed by atoms with Crippen molar-refractivity contribution >= 4 is 17.6 Å². The number of rotatable bonds is 2. The number of aromatic amines is 1. The van der Waals surface area contributed by atoms with Gasteiger partial charge in [-0.1, -0.05) is 23.7 Å². The molecule has 0 radical (unpaired) electrons. The van der Waals surface area contributed by atoms with Crippen LogP contribution in [0.3, 0.4) is 0 Å². The van der Waals surface area contributed by atoms with Crippen molar-refractivity contribution in [3.05, 3.63) is 41.0 Å². The molecule has 0 amide bonds. The molecule has 4 nitrogen and oxygen atoms in total. The number of carbonyl (C=O) groups is 1. The maximum atomic E-state index is 11.4. The van der Waals surface area contributed by atoms with Gasteiger partial charge in [-0.05, 0) is 12.1 Å². The van der Waals surface area contributed by atoms with Gasteiger partial charge in [0.25, 0.3) is 0 Å². The Labute approximate surface area is 97.2 Å². The van der Waals surface area contributed by atoms with E-state index in [2.05, 4.69) is 14.9 Å². The first-order chi connectivity index (χ1) is 7.74. The van der Waals surface area contributed by atoms with Crippen molar-refractivity contribution in [1.82, 2.24) is 10.2 Å². The zero-order valence-electron chi connectivity index (χ0n) is 8.53. The molecule has 2 rings (SSSR count). The van der Waals surface area contributed by atoms with Crippen LogP contribution in [0.1, 0.15) is 10.4 Å². The number of hydrogen-bond acceptors (Lipinski definition) is 3. The van der Waals surface area contributed by atoms with E-state index in [1.54, 1.807) is 24.4 Å². The van der Waals surface area contributed by atoms with Gasteiger partial charge in [0, 0.05) is 11.8 Å². The predicted octanol–water partition coefficient (Wildman–Crippen LogP) is 2.52. The third-order valence-electron chi connectivity index (χ3n) is 2.19. The lowest BCUT2D eigenvalue weighted by atomic mass is 10.1. The van der Waals surface area contributed by atoms with Gasteiger partial charge >= 0.3 is 5.97 Å². The van der Waals surface area contributed by atoms with Gasteiger partial charge in [-0.2, -0.15) is 5.10 Å². The van der Waals surface area contributed by atoms with E-state index in [4.69, 9.17) is 11.6 Å². The van der Waals surface area contributed by atoms with Gasteiger partial charge in [0.2, 0.25) is 0 Å². The average Bonchev–Trinajstić information content (AvgIpc) is 2.82. The standard InChI is InChI=1S/C11H9ClN2O2/c1-16-11(15)8-4-2-3-7(10(8)12)9-5-6-13-14-9/h2-6H,1H3,(H,13,14). The molecule has 0 bridgehead atoms. The Bertz CT molecular complexity index is 509. The molecule has 1 aromatic carbocycles. The molecule has 1 heterocycles. The summed E-state index contributed by atoms with van der Waals surface area (Å²) in [5.74, 6) is -0.452. The molecule has 0 unspecified atom stereocenters. The summed E-state index contributed by atoms with van der Waals surface area (Å²) in [5.41, 5.74) is 1.83. The van der Waals surface area contributed by atoms with Gasteiger partial charge in [-0.25, -0.2) is 4.79 Å². The second-order valence-corrected chi connectivity index (χ2v) is 3.51. The lowest BCUT2D eigenvalue weighted by Gasteiger charge is -2.06. The third kappa shape index (κ3) is 1.79. The number of halogens is 1. The number of H-pyrrole nitrogens is 1. The van der Waals surface area contributed by atoms with Crippen LogP contribution in [0.15, 0.2) is 30.5 Å². The Morgan fingerprint density at radius 2 is 2.25 bits per heavy atom. The number of esters is 1. The number of benzene rings is 1. The molecule has 0 aliphatic rings. The quantitative estimate of drug-likeness (QED) is 0.816. The molecule has 0 spiro atoms. The lowest BCUT2D eigenvalue weighted by molar-refractivity contribution is 0.0601. The molecule has 16 heavy (non-hydrogen) atoms. The molecular formula is C11H9ClN2O2. The van der Waals surface area contributed by atoms with Crippen LogP contribution in [0.4, 0.5) is 0 Å². The molecule has 0 saturated heterocycles. The minimum absolute atomic E-state index is 0.344. The van der Waals surface area contributed by atoms with Crippen LogP contribution >= 0.6 is 11.6 Å². The van der Waals surface area contributed by atoms with Crippen LogP contribution in [-0.2, 0) is 4.74 Å². The van der Waals surface area contributed by atoms with Crippen molar-refractivity contribution in [1.29, 1.82) is 0 Å². The molecule has 5 heteroatoms. The highest BCUT2D eigenvalue weighted by Crippen LogP contribution is 2.29. The Kier molecular flexibility index (Phi) is 2.92. The van der Waals surface area contributed by atoms with E-state index in [1.165, 1.54) is 7.11 Å². The van der Waals surface area contributed by atoms with Crippen LogP contribution in [0.2, 0.25) is 5.02 Å². The van der Waals surface area contributed by atoms with E-state index in [0.29, 0.717) is 10.6 Å². The number of nitrogens with one attached hydrogen (secondary N) is 1. The van der Waals surface area contributed by atoms with Gasteiger partial charge in [0.05, 0.1) is 23.4 Å². The van der Waals surface area contributed by atoms with Gasteiger partial charge < -0.3 is 4.74 Å². The van der Waals surface area contributed by atoms with E-state index in [-0.39, 0.29) is 0 Å². The highest BCUT2D eigenvalue weighted by atomic mass is 35.5. The molecule has 1 aromatic heterocycles. The molecule has 0 aliphatic heterocycles. The minimum atomic E-state index is -0.452. The summed E-state index contributed by atoms with van der Waals surface area (Å²) in [6.07, 6.45) is 1.62. The van der Waals surface area contributed by atoms with Crippen molar-refractivity contribution in [2.24, 2.45) is 0 Å². The number of hydrogen-bond donors (Lipinski definition) is 1. The van der Waals surface area contributed by atoms with Crippen molar-refractivity contribution < 1.29 is 9.53 Å². The van der Waals surface area contributed by atoms with Crippen LogP contribution in [0, 0.1) is 0 Å². The Balaban J connectivity index is 2.53. The second-order valence-electron chi connectivity index (χ2n) is 3.13. The fourth-order valence-electron chi connectivity index (χ4n) is 1.41. The third-order valence-corrected chi connectivity index (χ3v) is 2.60. The first-order valence-electron chi connectivity index (χ1n) is 4.60. The number of ether oxygens (including phenoxy) is 1. The number of methoxy groups -OCH3 is 1. The molecular weight excluding hydrogens is 228 g/mol. The molecule has 82 valence electrons. The molecule has 2 aromatic rings. The first kappa shape index (κ1) is 10.7. The molecule has 0 fully saturated rings. The Morgan fingerprint density at radius 3 is 2.88 bits per heavy atom. The largest absolute Gasteiger partial charge is 0.465 e. The van der Waals surface area contributed by atoms with Gasteiger partial charge in [-0.3, -0.25) is 5.10 Å². The van der Waals surface area contributed by atoms with Crippen LogP contribution in [0.25, 0.3) is 11.3 Å². The summed E-state index contributed by atoms with van der Waals surface area (Å²) in [6.45, 7) is 0. The maximum Gasteiger partial charge on any atom is 0.339 e. The van der Waals surface area contributed by atoms with Crippen molar-refractivity contribution in [3.8, 4) is 11.3 Å². The molecule has 0 aliphatic carbocycles. The number of carbonyl (C=O) groups excluding carboxylic acids is 1. The predicted molar refractivity (Wildman–Crippen MR) is 60.4 cm³/mol. The second kappa shape index (κ2) is 4.37. The fraction of sp³-hybridized carbons (Fsp3) is 0.0909. The first-order valence-corrected chi connectivity index (χ1v) is 4.98. The van der Waals surface area contributed by atoms with E-state index in [9.17, 15) is 4.79 Å². The Hall–Kier alpha value is -1.81. The highest BCUT2D eigenvalue weighted by molar-refractivity contribution is 6.36. The number of nitrogens with zero attached hydrogens (tertiary/aromatic N) is 1. The fourth-order valence-corrected chi connectivity index (χ4v) is 1.72.